The van der Waals surface area contributed by atoms with E-state index in [9.17, 15) is 9.59 Å². The van der Waals surface area contributed by atoms with Gasteiger partial charge in [0.1, 0.15) is 13.2 Å². The summed E-state index contributed by atoms with van der Waals surface area (Å²) in [6, 6.07) is -0.0847. The smallest absolute Gasteiger partial charge is 0.407 e. The maximum Gasteiger partial charge on any atom is 0.407 e. The van der Waals surface area contributed by atoms with Crippen molar-refractivity contribution in [2.24, 2.45) is 11.1 Å². The van der Waals surface area contributed by atoms with Gasteiger partial charge in [0.2, 0.25) is 0 Å². The second-order valence-electron chi connectivity index (χ2n) is 4.71. The fourth-order valence-electron chi connectivity index (χ4n) is 1.38. The summed E-state index contributed by atoms with van der Waals surface area (Å²) in [7, 11) is 0. The van der Waals surface area contributed by atoms with Gasteiger partial charge in [0.15, 0.2) is 0 Å². The van der Waals surface area contributed by atoms with Crippen molar-refractivity contribution in [3.8, 4) is 0 Å². The zero-order valence-electron chi connectivity index (χ0n) is 13.4. The highest BCUT2D eigenvalue weighted by Gasteiger charge is 2.27. The fourth-order valence-corrected chi connectivity index (χ4v) is 1.38. The molecule has 0 aromatic rings. The predicted octanol–water partition coefficient (Wildman–Crippen LogP) is 2.02. The summed E-state index contributed by atoms with van der Waals surface area (Å²) in [5.74, 6) is 0. The number of alkyl carbamates (subject to hydrolysis) is 1. The number of carbonyl (C=O) groups excluding carboxylic acids is 2. The van der Waals surface area contributed by atoms with E-state index in [0.29, 0.717) is 12.8 Å². The lowest BCUT2D eigenvalue weighted by Crippen LogP contribution is -2.37. The molecular weight excluding hydrogens is 236 g/mol. The van der Waals surface area contributed by atoms with Gasteiger partial charge in [0.05, 0.1) is 2.74 Å². The Morgan fingerprint density at radius 2 is 2.06 bits per heavy atom. The molecule has 0 aromatic carbocycles. The number of ether oxygens (including phenoxy) is 2. The molecule has 0 aliphatic heterocycles. The topological polar surface area (TPSA) is 90.7 Å². The average molecular weight is 262 g/mol. The number of primary amides is 1. The van der Waals surface area contributed by atoms with Crippen LogP contribution >= 0.6 is 0 Å². The number of nitrogens with one attached hydrogen (secondary N) is 1. The van der Waals surface area contributed by atoms with Gasteiger partial charge in [0.25, 0.3) is 0 Å². The molecule has 2 amide bonds. The van der Waals surface area contributed by atoms with Crippen LogP contribution in [-0.4, -0.2) is 31.4 Å². The van der Waals surface area contributed by atoms with Gasteiger partial charge in [0, 0.05) is 11.5 Å². The summed E-state index contributed by atoms with van der Waals surface area (Å²) >= 11 is 0. The van der Waals surface area contributed by atoms with Crippen LogP contribution < -0.4 is 11.1 Å². The Balaban J connectivity index is 4.83. The molecule has 1 unspecified atom stereocenters. The van der Waals surface area contributed by atoms with Crippen molar-refractivity contribution in [1.82, 2.24) is 5.32 Å². The highest BCUT2D eigenvalue weighted by molar-refractivity contribution is 5.67. The zero-order chi connectivity index (χ0) is 16.0. The molecule has 0 aliphatic rings. The van der Waals surface area contributed by atoms with Crippen LogP contribution in [0.15, 0.2) is 0 Å². The molecule has 0 bridgehead atoms. The zero-order valence-corrected chi connectivity index (χ0v) is 11.4. The molecule has 18 heavy (non-hydrogen) atoms. The summed E-state index contributed by atoms with van der Waals surface area (Å²) in [4.78, 5) is 22.3. The van der Waals surface area contributed by atoms with Crippen LogP contribution in [0.3, 0.4) is 0 Å². The molecular formula is C12H24N2O4. The van der Waals surface area contributed by atoms with Crippen molar-refractivity contribution in [3.63, 3.8) is 0 Å². The van der Waals surface area contributed by atoms with Crippen LogP contribution in [-0.2, 0) is 9.47 Å². The van der Waals surface area contributed by atoms with Crippen molar-refractivity contribution in [3.05, 3.63) is 0 Å². The number of hydrogen-bond donors (Lipinski definition) is 2. The van der Waals surface area contributed by atoms with E-state index in [4.69, 9.17) is 13.2 Å². The van der Waals surface area contributed by atoms with Crippen LogP contribution in [0, 0.1) is 5.41 Å². The molecule has 106 valence electrons. The number of amides is 2. The molecule has 0 saturated carbocycles. The van der Waals surface area contributed by atoms with Crippen LogP contribution in [0.1, 0.15) is 43.3 Å². The molecule has 0 fully saturated rings. The molecule has 0 radical (unpaired) electrons. The second kappa shape index (κ2) is 7.79. The predicted molar refractivity (Wildman–Crippen MR) is 68.2 cm³/mol. The molecule has 0 aliphatic carbocycles. The van der Waals surface area contributed by atoms with Gasteiger partial charge in [-0.25, -0.2) is 9.59 Å². The van der Waals surface area contributed by atoms with Crippen molar-refractivity contribution < 1.29 is 21.8 Å². The van der Waals surface area contributed by atoms with Crippen LogP contribution in [0.4, 0.5) is 9.59 Å². The number of rotatable bonds is 7. The number of hydrogen-bond acceptors (Lipinski definition) is 4. The highest BCUT2D eigenvalue weighted by Crippen LogP contribution is 2.24. The molecule has 1 atom stereocenters. The van der Waals surface area contributed by atoms with Gasteiger partial charge in [-0.1, -0.05) is 20.3 Å². The first-order valence-electron chi connectivity index (χ1n) is 6.96. The fraction of sp³-hybridized carbons (Fsp3) is 0.833. The molecule has 0 saturated heterocycles. The minimum atomic E-state index is -2.33. The first-order chi connectivity index (χ1) is 9.04. The van der Waals surface area contributed by atoms with E-state index in [0.717, 1.165) is 0 Å². The highest BCUT2D eigenvalue weighted by atomic mass is 16.6. The minimum Gasteiger partial charge on any atom is -0.449 e. The largest absolute Gasteiger partial charge is 0.449 e. The average Bonchev–Trinajstić information content (AvgIpc) is 2.24. The van der Waals surface area contributed by atoms with Gasteiger partial charge in [-0.3, -0.25) is 0 Å². The third-order valence-electron chi connectivity index (χ3n) is 2.13. The van der Waals surface area contributed by atoms with E-state index in [2.05, 4.69) is 10.1 Å². The summed E-state index contributed by atoms with van der Waals surface area (Å²) < 4.78 is 25.2. The summed E-state index contributed by atoms with van der Waals surface area (Å²) in [5, 5.41) is 2.53. The maximum absolute atomic E-state index is 11.5. The standard InChI is InChI=1S/C12H24N2O4/c1-5-6-12(4,7-17-10(13)15)8-18-11(16)14-9(2)3/h9H,5-8H2,1-4H3,(H2,13,15)(H,14,16)/i7D2. The molecule has 6 nitrogen and oxygen atoms in total. The number of nitrogens with two attached hydrogens (primary N) is 1. The molecule has 6 heteroatoms. The Morgan fingerprint density at radius 1 is 1.44 bits per heavy atom. The summed E-state index contributed by atoms with van der Waals surface area (Å²) in [5.41, 5.74) is 3.70. The first-order valence-corrected chi connectivity index (χ1v) is 5.96. The molecule has 0 heterocycles. The third-order valence-corrected chi connectivity index (χ3v) is 2.13. The Morgan fingerprint density at radius 3 is 2.50 bits per heavy atom. The Labute approximate surface area is 111 Å². The van der Waals surface area contributed by atoms with E-state index in [-0.39, 0.29) is 12.6 Å². The van der Waals surface area contributed by atoms with Crippen LogP contribution in [0.2, 0.25) is 0 Å². The van der Waals surface area contributed by atoms with Crippen molar-refractivity contribution >= 4 is 12.2 Å². The Kier molecular flexibility index (Phi) is 5.62. The van der Waals surface area contributed by atoms with Crippen molar-refractivity contribution in [1.29, 1.82) is 0 Å². The monoisotopic (exact) mass is 262 g/mol. The second-order valence-corrected chi connectivity index (χ2v) is 4.71. The lowest BCUT2D eigenvalue weighted by atomic mass is 9.87. The van der Waals surface area contributed by atoms with Crippen molar-refractivity contribution in [2.45, 2.75) is 46.6 Å². The Hall–Kier alpha value is -1.46. The quantitative estimate of drug-likeness (QED) is 0.734. The lowest BCUT2D eigenvalue weighted by molar-refractivity contribution is 0.0333. The minimum absolute atomic E-state index is 0.0847. The Bertz CT molecular complexity index is 350. The molecule has 0 aromatic heterocycles. The van der Waals surface area contributed by atoms with Gasteiger partial charge in [-0.15, -0.1) is 0 Å². The normalized spacial score (nSPS) is 16.3. The van der Waals surface area contributed by atoms with E-state index >= 15 is 0 Å². The first kappa shape index (κ1) is 13.0. The summed E-state index contributed by atoms with van der Waals surface area (Å²) in [6.07, 6.45) is -0.851. The van der Waals surface area contributed by atoms with E-state index in [1.165, 1.54) is 0 Å². The van der Waals surface area contributed by atoms with Gasteiger partial charge in [-0.05, 0) is 20.3 Å². The molecule has 3 N–H and O–H groups in total. The summed E-state index contributed by atoms with van der Waals surface area (Å²) in [6.45, 7) is 4.41. The van der Waals surface area contributed by atoms with E-state index in [1.807, 2.05) is 6.92 Å². The van der Waals surface area contributed by atoms with Crippen LogP contribution in [0.5, 0.6) is 0 Å². The molecule has 0 spiro atoms. The van der Waals surface area contributed by atoms with Crippen molar-refractivity contribution in [2.75, 3.05) is 13.2 Å². The SMILES string of the molecule is [2H]C([2H])(OC(N)=O)C(C)(CCC)COC(=O)NC(C)C. The third kappa shape index (κ3) is 7.76. The van der Waals surface area contributed by atoms with E-state index < -0.39 is 24.2 Å². The van der Waals surface area contributed by atoms with Gasteiger partial charge < -0.3 is 20.5 Å². The lowest BCUT2D eigenvalue weighted by Gasteiger charge is -2.27. The van der Waals surface area contributed by atoms with Crippen LogP contribution in [0.25, 0.3) is 0 Å². The van der Waals surface area contributed by atoms with E-state index in [1.54, 1.807) is 20.8 Å². The van der Waals surface area contributed by atoms with Gasteiger partial charge >= 0.3 is 12.2 Å². The molecule has 0 rings (SSSR count). The van der Waals surface area contributed by atoms with Gasteiger partial charge in [-0.2, -0.15) is 0 Å². The maximum atomic E-state index is 11.5. The number of carbonyl (C=O) groups is 2.